The summed E-state index contributed by atoms with van der Waals surface area (Å²) in [6, 6.07) is 1.29. The summed E-state index contributed by atoms with van der Waals surface area (Å²) in [6.45, 7) is 8.85. The van der Waals surface area contributed by atoms with Gasteiger partial charge in [0.05, 0.1) is 6.61 Å². The van der Waals surface area contributed by atoms with Gasteiger partial charge >= 0.3 is 0 Å². The molecule has 1 aliphatic rings. The molecule has 0 spiro atoms. The van der Waals surface area contributed by atoms with E-state index in [9.17, 15) is 0 Å². The third-order valence-electron chi connectivity index (χ3n) is 3.53. The number of nitrogens with zero attached hydrogens (tertiary/aromatic N) is 1. The Kier molecular flexibility index (Phi) is 7.01. The van der Waals surface area contributed by atoms with Crippen molar-refractivity contribution in [1.82, 2.24) is 10.2 Å². The van der Waals surface area contributed by atoms with E-state index in [0.717, 1.165) is 19.2 Å². The average Bonchev–Trinajstić information content (AvgIpc) is 2.30. The fraction of sp³-hybridized carbons (Fsp3) is 1.00. The molecule has 1 aliphatic heterocycles. The van der Waals surface area contributed by atoms with Crippen LogP contribution >= 0.6 is 0 Å². The highest BCUT2D eigenvalue weighted by Crippen LogP contribution is 2.18. The van der Waals surface area contributed by atoms with Gasteiger partial charge in [0.25, 0.3) is 0 Å². The molecule has 1 N–H and O–H groups in total. The highest BCUT2D eigenvalue weighted by Gasteiger charge is 2.19. The molecule has 0 aromatic carbocycles. The first kappa shape index (κ1) is 13.9. The zero-order valence-electron chi connectivity index (χ0n) is 11.2. The number of piperidine rings is 1. The summed E-state index contributed by atoms with van der Waals surface area (Å²) in [4.78, 5) is 2.65. The van der Waals surface area contributed by atoms with Crippen molar-refractivity contribution < 1.29 is 4.74 Å². The second-order valence-electron chi connectivity index (χ2n) is 4.90. The van der Waals surface area contributed by atoms with Gasteiger partial charge in [0, 0.05) is 32.3 Å². The quantitative estimate of drug-likeness (QED) is 0.720. The number of likely N-dealkylation sites (tertiary alicyclic amines) is 1. The molecule has 3 heteroatoms. The lowest BCUT2D eigenvalue weighted by molar-refractivity contribution is 0.136. The van der Waals surface area contributed by atoms with Crippen LogP contribution in [0.25, 0.3) is 0 Å². The van der Waals surface area contributed by atoms with Crippen molar-refractivity contribution in [1.29, 1.82) is 0 Å². The number of nitrogens with one attached hydrogen (secondary N) is 1. The minimum absolute atomic E-state index is 0.467. The fourth-order valence-electron chi connectivity index (χ4n) is 2.58. The van der Waals surface area contributed by atoms with Gasteiger partial charge in [-0.2, -0.15) is 0 Å². The summed E-state index contributed by atoms with van der Waals surface area (Å²) in [5.41, 5.74) is 0. The van der Waals surface area contributed by atoms with Crippen LogP contribution in [0.2, 0.25) is 0 Å². The molecule has 2 unspecified atom stereocenters. The minimum Gasteiger partial charge on any atom is -0.383 e. The molecule has 0 saturated carbocycles. The Balaban J connectivity index is 2.15. The SMILES string of the molecule is CCC1CCCCN1CCNC(C)COC. The zero-order chi connectivity index (χ0) is 11.8. The van der Waals surface area contributed by atoms with Crippen molar-refractivity contribution in [2.24, 2.45) is 0 Å². The molecule has 3 nitrogen and oxygen atoms in total. The van der Waals surface area contributed by atoms with Crippen LogP contribution in [0.4, 0.5) is 0 Å². The molecule has 1 rings (SSSR count). The third-order valence-corrected chi connectivity index (χ3v) is 3.53. The van der Waals surface area contributed by atoms with Crippen LogP contribution < -0.4 is 5.32 Å². The number of hydrogen-bond donors (Lipinski definition) is 1. The largest absolute Gasteiger partial charge is 0.383 e. The van der Waals surface area contributed by atoms with Gasteiger partial charge in [0.2, 0.25) is 0 Å². The van der Waals surface area contributed by atoms with Crippen molar-refractivity contribution in [3.8, 4) is 0 Å². The van der Waals surface area contributed by atoms with E-state index < -0.39 is 0 Å². The fourth-order valence-corrected chi connectivity index (χ4v) is 2.58. The maximum atomic E-state index is 5.11. The molecule has 1 fully saturated rings. The Morgan fingerprint density at radius 3 is 2.94 bits per heavy atom. The highest BCUT2D eigenvalue weighted by molar-refractivity contribution is 4.76. The van der Waals surface area contributed by atoms with Crippen LogP contribution in [0.5, 0.6) is 0 Å². The molecule has 1 saturated heterocycles. The average molecular weight is 228 g/mol. The first-order chi connectivity index (χ1) is 7.77. The molecule has 96 valence electrons. The molecular weight excluding hydrogens is 200 g/mol. The van der Waals surface area contributed by atoms with E-state index in [0.29, 0.717) is 6.04 Å². The van der Waals surface area contributed by atoms with Gasteiger partial charge < -0.3 is 10.1 Å². The van der Waals surface area contributed by atoms with Gasteiger partial charge in [-0.3, -0.25) is 4.90 Å². The lowest BCUT2D eigenvalue weighted by Crippen LogP contribution is -2.44. The Labute approximate surface area is 101 Å². The second kappa shape index (κ2) is 8.04. The van der Waals surface area contributed by atoms with Gasteiger partial charge in [-0.1, -0.05) is 13.3 Å². The summed E-state index contributed by atoms with van der Waals surface area (Å²) < 4.78 is 5.11. The lowest BCUT2D eigenvalue weighted by Gasteiger charge is -2.35. The summed E-state index contributed by atoms with van der Waals surface area (Å²) in [6.07, 6.45) is 5.49. The summed E-state index contributed by atoms with van der Waals surface area (Å²) in [7, 11) is 1.76. The van der Waals surface area contributed by atoms with Gasteiger partial charge in [-0.05, 0) is 32.7 Å². The van der Waals surface area contributed by atoms with E-state index >= 15 is 0 Å². The maximum Gasteiger partial charge on any atom is 0.0613 e. The first-order valence-electron chi connectivity index (χ1n) is 6.74. The van der Waals surface area contributed by atoms with Gasteiger partial charge in [0.1, 0.15) is 0 Å². The molecule has 0 radical (unpaired) electrons. The van der Waals surface area contributed by atoms with Crippen LogP contribution in [-0.4, -0.2) is 50.3 Å². The predicted octanol–water partition coefficient (Wildman–Crippen LogP) is 1.88. The molecule has 0 aromatic rings. The zero-order valence-corrected chi connectivity index (χ0v) is 11.2. The highest BCUT2D eigenvalue weighted by atomic mass is 16.5. The predicted molar refractivity (Wildman–Crippen MR) is 68.8 cm³/mol. The van der Waals surface area contributed by atoms with E-state index in [1.807, 2.05) is 0 Å². The van der Waals surface area contributed by atoms with Crippen LogP contribution in [0.1, 0.15) is 39.5 Å². The number of methoxy groups -OCH3 is 1. The molecular formula is C13H28N2O. The molecule has 2 atom stereocenters. The van der Waals surface area contributed by atoms with Gasteiger partial charge in [0.15, 0.2) is 0 Å². The van der Waals surface area contributed by atoms with Gasteiger partial charge in [-0.25, -0.2) is 0 Å². The number of hydrogen-bond acceptors (Lipinski definition) is 3. The topological polar surface area (TPSA) is 24.5 Å². The molecule has 0 aliphatic carbocycles. The Morgan fingerprint density at radius 2 is 2.25 bits per heavy atom. The number of ether oxygens (including phenoxy) is 1. The van der Waals surface area contributed by atoms with E-state index in [-0.39, 0.29) is 0 Å². The van der Waals surface area contributed by atoms with E-state index in [4.69, 9.17) is 4.74 Å². The maximum absolute atomic E-state index is 5.11. The minimum atomic E-state index is 0.467. The first-order valence-corrected chi connectivity index (χ1v) is 6.74. The molecule has 0 bridgehead atoms. The molecule has 1 heterocycles. The Bertz CT molecular complexity index is 175. The van der Waals surface area contributed by atoms with E-state index in [1.165, 1.54) is 38.8 Å². The number of rotatable bonds is 7. The Morgan fingerprint density at radius 1 is 1.44 bits per heavy atom. The lowest BCUT2D eigenvalue weighted by atomic mass is 10.0. The standard InChI is InChI=1S/C13H28N2O/c1-4-13-7-5-6-9-15(13)10-8-14-12(2)11-16-3/h12-14H,4-11H2,1-3H3. The van der Waals surface area contributed by atoms with Crippen molar-refractivity contribution in [3.05, 3.63) is 0 Å². The molecule has 0 amide bonds. The van der Waals surface area contributed by atoms with Crippen molar-refractivity contribution >= 4 is 0 Å². The van der Waals surface area contributed by atoms with Crippen LogP contribution in [-0.2, 0) is 4.74 Å². The summed E-state index contributed by atoms with van der Waals surface area (Å²) in [5, 5.41) is 3.51. The van der Waals surface area contributed by atoms with Crippen molar-refractivity contribution in [2.45, 2.75) is 51.6 Å². The van der Waals surface area contributed by atoms with E-state index in [1.54, 1.807) is 7.11 Å². The normalized spacial score (nSPS) is 24.6. The Hall–Kier alpha value is -0.120. The molecule has 16 heavy (non-hydrogen) atoms. The summed E-state index contributed by atoms with van der Waals surface area (Å²) in [5.74, 6) is 0. The van der Waals surface area contributed by atoms with Crippen LogP contribution in [0, 0.1) is 0 Å². The van der Waals surface area contributed by atoms with Gasteiger partial charge in [-0.15, -0.1) is 0 Å². The summed E-state index contributed by atoms with van der Waals surface area (Å²) >= 11 is 0. The van der Waals surface area contributed by atoms with E-state index in [2.05, 4.69) is 24.1 Å². The van der Waals surface area contributed by atoms with Crippen molar-refractivity contribution in [2.75, 3.05) is 33.4 Å². The smallest absolute Gasteiger partial charge is 0.0613 e. The van der Waals surface area contributed by atoms with Crippen LogP contribution in [0.15, 0.2) is 0 Å². The molecule has 0 aromatic heterocycles. The monoisotopic (exact) mass is 228 g/mol. The third kappa shape index (κ3) is 4.81. The van der Waals surface area contributed by atoms with Crippen LogP contribution in [0.3, 0.4) is 0 Å². The van der Waals surface area contributed by atoms with Crippen molar-refractivity contribution in [3.63, 3.8) is 0 Å². The second-order valence-corrected chi connectivity index (χ2v) is 4.90.